The van der Waals surface area contributed by atoms with Gasteiger partial charge >= 0.3 is 6.01 Å². The van der Waals surface area contributed by atoms with Gasteiger partial charge in [0, 0.05) is 5.56 Å². The molecule has 0 amide bonds. The number of nitrogen functional groups attached to an aromatic ring is 1. The van der Waals surface area contributed by atoms with Gasteiger partial charge in [0.05, 0.1) is 19.2 Å². The van der Waals surface area contributed by atoms with E-state index in [2.05, 4.69) is 15.6 Å². The zero-order valence-electron chi connectivity index (χ0n) is 9.73. The predicted molar refractivity (Wildman–Crippen MR) is 65.7 cm³/mol. The Labute approximate surface area is 108 Å². The number of nitrogens with two attached hydrogens (primary N) is 1. The van der Waals surface area contributed by atoms with E-state index in [9.17, 15) is 0 Å². The largest absolute Gasteiger partial charge is 0.493 e. The van der Waals surface area contributed by atoms with E-state index in [0.717, 1.165) is 0 Å². The molecule has 96 valence electrons. The number of anilines is 1. The summed E-state index contributed by atoms with van der Waals surface area (Å²) in [6.45, 7) is 0. The van der Waals surface area contributed by atoms with E-state index in [0.29, 0.717) is 27.9 Å². The van der Waals surface area contributed by atoms with Crippen LogP contribution in [0.4, 0.5) is 6.01 Å². The summed E-state index contributed by atoms with van der Waals surface area (Å²) in [5.74, 6) is 6.42. The summed E-state index contributed by atoms with van der Waals surface area (Å²) in [7, 11) is 3.02. The van der Waals surface area contributed by atoms with Crippen molar-refractivity contribution in [2.24, 2.45) is 5.84 Å². The van der Waals surface area contributed by atoms with E-state index in [1.54, 1.807) is 12.1 Å². The molecule has 2 rings (SSSR count). The van der Waals surface area contributed by atoms with Gasteiger partial charge in [-0.25, -0.2) is 5.84 Å². The van der Waals surface area contributed by atoms with Crippen LogP contribution in [0.5, 0.6) is 11.5 Å². The average molecular weight is 271 g/mol. The zero-order valence-corrected chi connectivity index (χ0v) is 10.5. The maximum Gasteiger partial charge on any atom is 0.335 e. The van der Waals surface area contributed by atoms with Crippen molar-refractivity contribution in [2.45, 2.75) is 0 Å². The second kappa shape index (κ2) is 5.11. The first-order valence-corrected chi connectivity index (χ1v) is 5.29. The number of benzene rings is 1. The van der Waals surface area contributed by atoms with Gasteiger partial charge in [-0.3, -0.25) is 5.43 Å². The lowest BCUT2D eigenvalue weighted by Gasteiger charge is -2.10. The summed E-state index contributed by atoms with van der Waals surface area (Å²) < 4.78 is 15.1. The van der Waals surface area contributed by atoms with Crippen LogP contribution in [0.15, 0.2) is 16.7 Å². The third-order valence-corrected chi connectivity index (χ3v) is 2.52. The number of hydrogen-bond donors (Lipinski definition) is 2. The Morgan fingerprint density at radius 2 is 2.11 bits per heavy atom. The number of ether oxygens (including phenoxy) is 2. The number of aromatic nitrogens is 2. The molecule has 0 saturated heterocycles. The van der Waals surface area contributed by atoms with Crippen molar-refractivity contribution in [3.63, 3.8) is 0 Å². The minimum absolute atomic E-state index is 0.107. The highest BCUT2D eigenvalue weighted by atomic mass is 35.5. The molecule has 1 aromatic heterocycles. The highest BCUT2D eigenvalue weighted by Gasteiger charge is 2.15. The standard InChI is InChI=1S/C10H11ClN4O3/c1-16-7-4-5(3-6(11)8(7)17-2)9-13-10(14-12)18-15-9/h3-4H,12H2,1-2H3,(H,13,14,15). The highest BCUT2D eigenvalue weighted by Crippen LogP contribution is 2.38. The molecule has 0 aliphatic rings. The topological polar surface area (TPSA) is 95.4 Å². The molecule has 1 heterocycles. The summed E-state index contributed by atoms with van der Waals surface area (Å²) in [6.07, 6.45) is 0. The second-order valence-electron chi connectivity index (χ2n) is 3.26. The van der Waals surface area contributed by atoms with Crippen LogP contribution in [0.1, 0.15) is 0 Å². The first kappa shape index (κ1) is 12.5. The predicted octanol–water partition coefficient (Wildman–Crippen LogP) is 1.69. The Bertz CT molecular complexity index is 558. The Morgan fingerprint density at radius 1 is 1.33 bits per heavy atom. The Kier molecular flexibility index (Phi) is 3.54. The number of methoxy groups -OCH3 is 2. The van der Waals surface area contributed by atoms with Gasteiger partial charge < -0.3 is 14.0 Å². The lowest BCUT2D eigenvalue weighted by Crippen LogP contribution is -2.06. The van der Waals surface area contributed by atoms with E-state index < -0.39 is 0 Å². The number of nitrogens with one attached hydrogen (secondary N) is 1. The fraction of sp³-hybridized carbons (Fsp3) is 0.200. The molecule has 0 aliphatic heterocycles. The van der Waals surface area contributed by atoms with Gasteiger partial charge in [0.2, 0.25) is 5.82 Å². The molecule has 0 aliphatic carbocycles. The van der Waals surface area contributed by atoms with Gasteiger partial charge in [-0.2, -0.15) is 4.98 Å². The molecule has 0 bridgehead atoms. The molecular formula is C10H11ClN4O3. The van der Waals surface area contributed by atoms with Crippen LogP contribution >= 0.6 is 11.6 Å². The molecule has 0 spiro atoms. The van der Waals surface area contributed by atoms with Crippen molar-refractivity contribution in [1.29, 1.82) is 0 Å². The fourth-order valence-corrected chi connectivity index (χ4v) is 1.73. The number of halogens is 1. The van der Waals surface area contributed by atoms with Crippen LogP contribution in [0.25, 0.3) is 11.4 Å². The molecule has 0 atom stereocenters. The normalized spacial score (nSPS) is 10.2. The number of rotatable bonds is 4. The monoisotopic (exact) mass is 270 g/mol. The van der Waals surface area contributed by atoms with E-state index in [1.165, 1.54) is 14.2 Å². The van der Waals surface area contributed by atoms with Crippen LogP contribution in [0.2, 0.25) is 5.02 Å². The molecule has 0 saturated carbocycles. The maximum absolute atomic E-state index is 6.07. The number of hydrazine groups is 1. The van der Waals surface area contributed by atoms with E-state index in [4.69, 9.17) is 31.4 Å². The zero-order chi connectivity index (χ0) is 13.1. The quantitative estimate of drug-likeness (QED) is 0.645. The second-order valence-corrected chi connectivity index (χ2v) is 3.67. The molecule has 1 aromatic carbocycles. The molecule has 0 unspecified atom stereocenters. The van der Waals surface area contributed by atoms with Crippen molar-refractivity contribution < 1.29 is 14.0 Å². The summed E-state index contributed by atoms with van der Waals surface area (Å²) in [4.78, 5) is 4.00. The van der Waals surface area contributed by atoms with Crippen molar-refractivity contribution in [3.05, 3.63) is 17.2 Å². The Balaban J connectivity index is 2.48. The van der Waals surface area contributed by atoms with Gasteiger partial charge in [-0.1, -0.05) is 16.8 Å². The van der Waals surface area contributed by atoms with Crippen LogP contribution in [-0.4, -0.2) is 24.4 Å². The van der Waals surface area contributed by atoms with E-state index in [1.807, 2.05) is 0 Å². The lowest BCUT2D eigenvalue weighted by molar-refractivity contribution is 0.355. The summed E-state index contributed by atoms with van der Waals surface area (Å²) >= 11 is 6.07. The molecule has 3 N–H and O–H groups in total. The fourth-order valence-electron chi connectivity index (χ4n) is 1.45. The molecule has 2 aromatic rings. The Hall–Kier alpha value is -1.99. The Morgan fingerprint density at radius 3 is 2.67 bits per heavy atom. The van der Waals surface area contributed by atoms with E-state index >= 15 is 0 Å². The summed E-state index contributed by atoms with van der Waals surface area (Å²) in [6, 6.07) is 3.44. The van der Waals surface area contributed by atoms with Crippen molar-refractivity contribution in [1.82, 2.24) is 10.1 Å². The van der Waals surface area contributed by atoms with Crippen LogP contribution in [-0.2, 0) is 0 Å². The van der Waals surface area contributed by atoms with Crippen molar-refractivity contribution in [3.8, 4) is 22.9 Å². The van der Waals surface area contributed by atoms with Crippen LogP contribution in [0, 0.1) is 0 Å². The molecule has 18 heavy (non-hydrogen) atoms. The average Bonchev–Trinajstić information content (AvgIpc) is 2.86. The van der Waals surface area contributed by atoms with Gasteiger partial charge in [-0.05, 0) is 12.1 Å². The lowest BCUT2D eigenvalue weighted by atomic mass is 10.2. The van der Waals surface area contributed by atoms with Gasteiger partial charge in [0.25, 0.3) is 0 Å². The maximum atomic E-state index is 6.07. The summed E-state index contributed by atoms with van der Waals surface area (Å²) in [5.41, 5.74) is 2.88. The molecule has 0 radical (unpaired) electrons. The van der Waals surface area contributed by atoms with Gasteiger partial charge in [0.1, 0.15) is 0 Å². The van der Waals surface area contributed by atoms with Crippen molar-refractivity contribution in [2.75, 3.05) is 19.6 Å². The minimum atomic E-state index is 0.107. The van der Waals surface area contributed by atoms with Crippen LogP contribution in [0.3, 0.4) is 0 Å². The first-order valence-electron chi connectivity index (χ1n) is 4.91. The van der Waals surface area contributed by atoms with Gasteiger partial charge in [-0.15, -0.1) is 0 Å². The SMILES string of the molecule is COc1cc(-c2noc(NN)n2)cc(Cl)c1OC. The number of hydrogen-bond acceptors (Lipinski definition) is 7. The molecule has 7 nitrogen and oxygen atoms in total. The highest BCUT2D eigenvalue weighted by molar-refractivity contribution is 6.32. The van der Waals surface area contributed by atoms with E-state index in [-0.39, 0.29) is 6.01 Å². The summed E-state index contributed by atoms with van der Waals surface area (Å²) in [5, 5.41) is 4.13. The van der Waals surface area contributed by atoms with Gasteiger partial charge in [0.15, 0.2) is 11.5 Å². The smallest absolute Gasteiger partial charge is 0.335 e. The molecule has 8 heteroatoms. The third-order valence-electron chi connectivity index (χ3n) is 2.24. The third kappa shape index (κ3) is 2.18. The van der Waals surface area contributed by atoms with Crippen LogP contribution < -0.4 is 20.7 Å². The van der Waals surface area contributed by atoms with Crippen molar-refractivity contribution >= 4 is 17.6 Å². The molecular weight excluding hydrogens is 260 g/mol. The number of nitrogens with zero attached hydrogens (tertiary/aromatic N) is 2. The molecule has 0 fully saturated rings. The first-order chi connectivity index (χ1) is 8.69. The minimum Gasteiger partial charge on any atom is -0.493 e.